The number of carbonyl (C=O) groups excluding carboxylic acids is 1. The molecule has 90 valence electrons. The second kappa shape index (κ2) is 8.68. The van der Waals surface area contributed by atoms with Gasteiger partial charge in [-0.3, -0.25) is 4.79 Å². The van der Waals surface area contributed by atoms with Crippen molar-refractivity contribution in [2.45, 2.75) is 32.8 Å². The molecule has 0 aromatic heterocycles. The Kier molecular flexibility index (Phi) is 8.33. The van der Waals surface area contributed by atoms with Crippen LogP contribution < -0.4 is 5.32 Å². The normalized spacial score (nSPS) is 12.5. The highest BCUT2D eigenvalue weighted by atomic mass is 16.5. The van der Waals surface area contributed by atoms with Gasteiger partial charge in [-0.15, -0.1) is 0 Å². The van der Waals surface area contributed by atoms with E-state index < -0.39 is 0 Å². The standard InChI is InChI=1S/C11H24N2O2/c1-5-15-10(2)9-12-8-6-7-11(14)13(3)4/h10,12H,5-9H2,1-4H3. The lowest BCUT2D eigenvalue weighted by Gasteiger charge is -2.13. The lowest BCUT2D eigenvalue weighted by Crippen LogP contribution is -2.29. The van der Waals surface area contributed by atoms with E-state index in [1.54, 1.807) is 19.0 Å². The molecule has 0 heterocycles. The van der Waals surface area contributed by atoms with Crippen molar-refractivity contribution in [1.29, 1.82) is 0 Å². The molecule has 0 aromatic carbocycles. The van der Waals surface area contributed by atoms with Crippen LogP contribution in [0.2, 0.25) is 0 Å². The zero-order valence-corrected chi connectivity index (χ0v) is 10.4. The average molecular weight is 216 g/mol. The number of hydrogen-bond acceptors (Lipinski definition) is 3. The highest BCUT2D eigenvalue weighted by molar-refractivity contribution is 5.75. The van der Waals surface area contributed by atoms with E-state index in [2.05, 4.69) is 5.32 Å². The first-order chi connectivity index (χ1) is 7.07. The zero-order chi connectivity index (χ0) is 11.7. The fraction of sp³-hybridized carbons (Fsp3) is 0.909. The van der Waals surface area contributed by atoms with Gasteiger partial charge in [-0.2, -0.15) is 0 Å². The molecule has 0 saturated carbocycles. The largest absolute Gasteiger partial charge is 0.377 e. The number of carbonyl (C=O) groups is 1. The van der Waals surface area contributed by atoms with Crippen molar-refractivity contribution in [1.82, 2.24) is 10.2 Å². The summed E-state index contributed by atoms with van der Waals surface area (Å²) in [7, 11) is 3.57. The maximum absolute atomic E-state index is 11.2. The van der Waals surface area contributed by atoms with Crippen LogP contribution in [0.1, 0.15) is 26.7 Å². The molecule has 1 atom stereocenters. The highest BCUT2D eigenvalue weighted by Gasteiger charge is 2.03. The third-order valence-electron chi connectivity index (χ3n) is 2.13. The van der Waals surface area contributed by atoms with Crippen molar-refractivity contribution >= 4 is 5.91 Å². The fourth-order valence-corrected chi connectivity index (χ4v) is 1.24. The minimum absolute atomic E-state index is 0.189. The van der Waals surface area contributed by atoms with Crippen LogP contribution in [0.5, 0.6) is 0 Å². The van der Waals surface area contributed by atoms with E-state index in [4.69, 9.17) is 4.74 Å². The van der Waals surface area contributed by atoms with E-state index >= 15 is 0 Å². The Balaban J connectivity index is 3.28. The van der Waals surface area contributed by atoms with Crippen LogP contribution in [0.4, 0.5) is 0 Å². The van der Waals surface area contributed by atoms with Gasteiger partial charge in [0.1, 0.15) is 0 Å². The summed E-state index contributed by atoms with van der Waals surface area (Å²) in [5, 5.41) is 3.27. The number of amides is 1. The molecule has 1 N–H and O–H groups in total. The Morgan fingerprint density at radius 3 is 2.67 bits per heavy atom. The molecule has 0 aliphatic rings. The van der Waals surface area contributed by atoms with Gasteiger partial charge in [0.2, 0.25) is 5.91 Å². The smallest absolute Gasteiger partial charge is 0.222 e. The van der Waals surface area contributed by atoms with E-state index in [0.29, 0.717) is 6.42 Å². The molecule has 15 heavy (non-hydrogen) atoms. The Labute approximate surface area is 93.0 Å². The van der Waals surface area contributed by atoms with Crippen LogP contribution in [0.3, 0.4) is 0 Å². The molecular formula is C11H24N2O2. The molecule has 0 bridgehead atoms. The first-order valence-electron chi connectivity index (χ1n) is 5.60. The van der Waals surface area contributed by atoms with Crippen LogP contribution in [-0.2, 0) is 9.53 Å². The Morgan fingerprint density at radius 1 is 1.47 bits per heavy atom. The van der Waals surface area contributed by atoms with E-state index in [1.807, 2.05) is 13.8 Å². The molecule has 0 fully saturated rings. The van der Waals surface area contributed by atoms with Crippen molar-refractivity contribution in [2.75, 3.05) is 33.8 Å². The summed E-state index contributed by atoms with van der Waals surface area (Å²) in [6.07, 6.45) is 1.75. The summed E-state index contributed by atoms with van der Waals surface area (Å²) in [5.41, 5.74) is 0. The number of rotatable bonds is 8. The van der Waals surface area contributed by atoms with Crippen molar-refractivity contribution in [3.05, 3.63) is 0 Å². The van der Waals surface area contributed by atoms with E-state index in [-0.39, 0.29) is 12.0 Å². The topological polar surface area (TPSA) is 41.6 Å². The summed E-state index contributed by atoms with van der Waals surface area (Å²) in [4.78, 5) is 12.8. The van der Waals surface area contributed by atoms with Gasteiger partial charge in [-0.05, 0) is 26.8 Å². The van der Waals surface area contributed by atoms with Gasteiger partial charge in [0, 0.05) is 33.7 Å². The molecule has 0 spiro atoms. The molecule has 4 nitrogen and oxygen atoms in total. The zero-order valence-electron chi connectivity index (χ0n) is 10.4. The minimum Gasteiger partial charge on any atom is -0.377 e. The lowest BCUT2D eigenvalue weighted by molar-refractivity contribution is -0.128. The Morgan fingerprint density at radius 2 is 2.13 bits per heavy atom. The molecule has 4 heteroatoms. The molecule has 0 aliphatic heterocycles. The summed E-state index contributed by atoms with van der Waals surface area (Å²) in [5.74, 6) is 0.189. The second-order valence-corrected chi connectivity index (χ2v) is 3.86. The molecule has 0 rings (SSSR count). The maximum Gasteiger partial charge on any atom is 0.222 e. The Hall–Kier alpha value is -0.610. The van der Waals surface area contributed by atoms with Crippen LogP contribution in [0, 0.1) is 0 Å². The SMILES string of the molecule is CCOC(C)CNCCCC(=O)N(C)C. The molecular weight excluding hydrogens is 192 g/mol. The van der Waals surface area contributed by atoms with Gasteiger partial charge in [-0.25, -0.2) is 0 Å². The lowest BCUT2D eigenvalue weighted by atomic mass is 10.3. The predicted octanol–water partition coefficient (Wildman–Crippen LogP) is 0.869. The molecule has 0 saturated heterocycles. The number of hydrogen-bond donors (Lipinski definition) is 1. The monoisotopic (exact) mass is 216 g/mol. The fourth-order valence-electron chi connectivity index (χ4n) is 1.24. The highest BCUT2D eigenvalue weighted by Crippen LogP contribution is 1.93. The minimum atomic E-state index is 0.189. The Bertz CT molecular complexity index is 172. The molecule has 0 radical (unpaired) electrons. The number of nitrogens with zero attached hydrogens (tertiary/aromatic N) is 1. The second-order valence-electron chi connectivity index (χ2n) is 3.86. The third kappa shape index (κ3) is 8.39. The van der Waals surface area contributed by atoms with Crippen LogP contribution in [-0.4, -0.2) is 50.7 Å². The van der Waals surface area contributed by atoms with Gasteiger partial charge in [0.05, 0.1) is 6.10 Å². The molecule has 1 unspecified atom stereocenters. The van der Waals surface area contributed by atoms with Crippen molar-refractivity contribution in [2.24, 2.45) is 0 Å². The summed E-state index contributed by atoms with van der Waals surface area (Å²) in [6.45, 7) is 6.51. The molecule has 0 aromatic rings. The van der Waals surface area contributed by atoms with Gasteiger partial charge < -0.3 is 15.0 Å². The van der Waals surface area contributed by atoms with Gasteiger partial charge in [-0.1, -0.05) is 0 Å². The molecule has 0 aliphatic carbocycles. The van der Waals surface area contributed by atoms with Gasteiger partial charge >= 0.3 is 0 Å². The van der Waals surface area contributed by atoms with Crippen LogP contribution >= 0.6 is 0 Å². The third-order valence-corrected chi connectivity index (χ3v) is 2.13. The number of nitrogens with one attached hydrogen (secondary N) is 1. The van der Waals surface area contributed by atoms with Crippen molar-refractivity contribution in [3.63, 3.8) is 0 Å². The van der Waals surface area contributed by atoms with Crippen molar-refractivity contribution < 1.29 is 9.53 Å². The van der Waals surface area contributed by atoms with Gasteiger partial charge in [0.25, 0.3) is 0 Å². The first-order valence-corrected chi connectivity index (χ1v) is 5.60. The quantitative estimate of drug-likeness (QED) is 0.612. The summed E-state index contributed by atoms with van der Waals surface area (Å²) >= 11 is 0. The average Bonchev–Trinajstić information content (AvgIpc) is 2.17. The van der Waals surface area contributed by atoms with E-state index in [1.165, 1.54) is 0 Å². The van der Waals surface area contributed by atoms with Gasteiger partial charge in [0.15, 0.2) is 0 Å². The predicted molar refractivity (Wildman–Crippen MR) is 61.9 cm³/mol. The molecule has 1 amide bonds. The van der Waals surface area contributed by atoms with E-state index in [0.717, 1.165) is 26.1 Å². The summed E-state index contributed by atoms with van der Waals surface area (Å²) < 4.78 is 5.37. The van der Waals surface area contributed by atoms with Crippen LogP contribution in [0.25, 0.3) is 0 Å². The summed E-state index contributed by atoms with van der Waals surface area (Å²) in [6, 6.07) is 0. The van der Waals surface area contributed by atoms with E-state index in [9.17, 15) is 4.79 Å². The first kappa shape index (κ1) is 14.4. The maximum atomic E-state index is 11.2. The van der Waals surface area contributed by atoms with Crippen molar-refractivity contribution in [3.8, 4) is 0 Å². The number of ether oxygens (including phenoxy) is 1. The van der Waals surface area contributed by atoms with Crippen LogP contribution in [0.15, 0.2) is 0 Å².